The average molecular weight is 196 g/mol. The molecule has 0 fully saturated rings. The molecule has 0 amide bonds. The van der Waals surface area contributed by atoms with Crippen LogP contribution < -0.4 is 11.5 Å². The maximum absolute atomic E-state index is 5.66. The van der Waals surface area contributed by atoms with Crippen molar-refractivity contribution in [2.75, 3.05) is 12.3 Å². The number of nitrogens with two attached hydrogens (primary N) is 2. The summed E-state index contributed by atoms with van der Waals surface area (Å²) in [5, 5.41) is 0. The Kier molecular flexibility index (Phi) is 3.63. The maximum atomic E-state index is 5.66. The van der Waals surface area contributed by atoms with E-state index in [1.807, 2.05) is 18.2 Å². The van der Waals surface area contributed by atoms with E-state index in [2.05, 4.69) is 19.6 Å². The first-order chi connectivity index (χ1) is 6.15. The van der Waals surface area contributed by atoms with Gasteiger partial charge in [0.15, 0.2) is 0 Å². The summed E-state index contributed by atoms with van der Waals surface area (Å²) < 4.78 is 0. The van der Waals surface area contributed by atoms with Gasteiger partial charge in [0.1, 0.15) is 0 Å². The van der Waals surface area contributed by atoms with E-state index in [-0.39, 0.29) is 0 Å². The molecule has 1 rings (SSSR count). The zero-order valence-corrected chi connectivity index (χ0v) is 8.72. The molecule has 13 heavy (non-hydrogen) atoms. The molecule has 0 radical (unpaired) electrons. The summed E-state index contributed by atoms with van der Waals surface area (Å²) in [5.74, 6) is 0.483. The van der Waals surface area contributed by atoms with Crippen molar-refractivity contribution < 1.29 is 0 Å². The summed E-state index contributed by atoms with van der Waals surface area (Å²) in [7, 11) is 0. The van der Waals surface area contributed by atoms with Crippen molar-refractivity contribution >= 4 is 18.3 Å². The molecule has 4 N–H and O–H groups in total. The first-order valence-electron chi connectivity index (χ1n) is 4.43. The van der Waals surface area contributed by atoms with Crippen molar-refractivity contribution in [3.05, 3.63) is 23.8 Å². The Morgan fingerprint density at radius 3 is 2.69 bits per heavy atom. The molecule has 3 heteroatoms. The largest absolute Gasteiger partial charge is 0.398 e. The van der Waals surface area contributed by atoms with Crippen LogP contribution in [-0.2, 0) is 0 Å². The van der Waals surface area contributed by atoms with Gasteiger partial charge in [-0.3, -0.25) is 0 Å². The van der Waals surface area contributed by atoms with Gasteiger partial charge in [-0.2, -0.15) is 0 Å². The van der Waals surface area contributed by atoms with Crippen molar-refractivity contribution in [2.45, 2.75) is 24.2 Å². The second kappa shape index (κ2) is 4.53. The second-order valence-corrected chi connectivity index (χ2v) is 3.78. The second-order valence-electron chi connectivity index (χ2n) is 3.30. The first-order valence-corrected chi connectivity index (χ1v) is 4.88. The Morgan fingerprint density at radius 2 is 2.15 bits per heavy atom. The molecular formula is C10H16N2S. The predicted molar refractivity (Wildman–Crippen MR) is 60.2 cm³/mol. The fourth-order valence-corrected chi connectivity index (χ4v) is 1.51. The van der Waals surface area contributed by atoms with Gasteiger partial charge in [-0.25, -0.2) is 0 Å². The van der Waals surface area contributed by atoms with Gasteiger partial charge in [-0.1, -0.05) is 13.0 Å². The third-order valence-corrected chi connectivity index (χ3v) is 2.61. The van der Waals surface area contributed by atoms with Crippen molar-refractivity contribution in [3.63, 3.8) is 0 Å². The van der Waals surface area contributed by atoms with Crippen LogP contribution in [0.2, 0.25) is 0 Å². The molecule has 1 unspecified atom stereocenters. The Labute approximate surface area is 84.7 Å². The molecule has 0 aliphatic rings. The van der Waals surface area contributed by atoms with Crippen molar-refractivity contribution in [3.8, 4) is 0 Å². The highest BCUT2D eigenvalue weighted by atomic mass is 32.1. The SMILES string of the molecule is CC(CCN)c1ccc(N)c(S)c1. The number of rotatable bonds is 3. The van der Waals surface area contributed by atoms with Crippen molar-refractivity contribution in [2.24, 2.45) is 5.73 Å². The highest BCUT2D eigenvalue weighted by Gasteiger charge is 2.05. The molecule has 0 saturated heterocycles. The van der Waals surface area contributed by atoms with E-state index < -0.39 is 0 Å². The van der Waals surface area contributed by atoms with E-state index in [0.29, 0.717) is 12.5 Å². The van der Waals surface area contributed by atoms with E-state index in [0.717, 1.165) is 17.0 Å². The van der Waals surface area contributed by atoms with Gasteiger partial charge in [0.25, 0.3) is 0 Å². The highest BCUT2D eigenvalue weighted by Crippen LogP contribution is 2.24. The zero-order valence-electron chi connectivity index (χ0n) is 7.83. The molecule has 0 bridgehead atoms. The van der Waals surface area contributed by atoms with Crippen molar-refractivity contribution in [1.82, 2.24) is 0 Å². The van der Waals surface area contributed by atoms with E-state index >= 15 is 0 Å². The lowest BCUT2D eigenvalue weighted by Crippen LogP contribution is -2.04. The molecule has 1 aromatic rings. The Hall–Kier alpha value is -0.670. The van der Waals surface area contributed by atoms with Crippen LogP contribution in [0.25, 0.3) is 0 Å². The molecule has 1 aromatic carbocycles. The van der Waals surface area contributed by atoms with Gasteiger partial charge in [0, 0.05) is 10.6 Å². The first kappa shape index (κ1) is 10.4. The van der Waals surface area contributed by atoms with Gasteiger partial charge >= 0.3 is 0 Å². The Balaban J connectivity index is 2.84. The summed E-state index contributed by atoms with van der Waals surface area (Å²) in [5.41, 5.74) is 13.1. The lowest BCUT2D eigenvalue weighted by molar-refractivity contribution is 0.689. The van der Waals surface area contributed by atoms with Gasteiger partial charge in [-0.15, -0.1) is 12.6 Å². The summed E-state index contributed by atoms with van der Waals surface area (Å²) >= 11 is 4.27. The Bertz CT molecular complexity index is 286. The molecule has 2 nitrogen and oxygen atoms in total. The molecule has 72 valence electrons. The van der Waals surface area contributed by atoms with Crippen LogP contribution >= 0.6 is 12.6 Å². The van der Waals surface area contributed by atoms with E-state index in [1.54, 1.807) is 0 Å². The van der Waals surface area contributed by atoms with Crippen LogP contribution in [-0.4, -0.2) is 6.54 Å². The van der Waals surface area contributed by atoms with Crippen LogP contribution in [0, 0.1) is 0 Å². The van der Waals surface area contributed by atoms with Crippen LogP contribution in [0.4, 0.5) is 5.69 Å². The van der Waals surface area contributed by atoms with Crippen LogP contribution in [0.3, 0.4) is 0 Å². The monoisotopic (exact) mass is 196 g/mol. The summed E-state index contributed by atoms with van der Waals surface area (Å²) in [6, 6.07) is 5.94. The molecule has 0 spiro atoms. The van der Waals surface area contributed by atoms with Gasteiger partial charge < -0.3 is 11.5 Å². The lowest BCUT2D eigenvalue weighted by atomic mass is 9.98. The molecule has 0 saturated carbocycles. The summed E-state index contributed by atoms with van der Waals surface area (Å²) in [6.45, 7) is 2.87. The number of anilines is 1. The third kappa shape index (κ3) is 2.64. The number of nitrogen functional groups attached to an aromatic ring is 1. The molecule has 0 aliphatic heterocycles. The maximum Gasteiger partial charge on any atom is 0.0449 e. The molecule has 0 aromatic heterocycles. The standard InChI is InChI=1S/C10H16N2S/c1-7(4-5-11)8-2-3-9(12)10(13)6-8/h2-3,6-7,13H,4-5,11-12H2,1H3. The third-order valence-electron chi connectivity index (χ3n) is 2.22. The highest BCUT2D eigenvalue weighted by molar-refractivity contribution is 7.80. The predicted octanol–water partition coefficient (Wildman–Crippen LogP) is 2.01. The molecule has 0 aliphatic carbocycles. The summed E-state index contributed by atoms with van der Waals surface area (Å²) in [4.78, 5) is 0.848. The van der Waals surface area contributed by atoms with E-state index in [4.69, 9.17) is 11.5 Å². The zero-order chi connectivity index (χ0) is 9.84. The number of benzene rings is 1. The van der Waals surface area contributed by atoms with Crippen LogP contribution in [0.5, 0.6) is 0 Å². The normalized spacial score (nSPS) is 12.8. The molecular weight excluding hydrogens is 180 g/mol. The smallest absolute Gasteiger partial charge is 0.0449 e. The fraction of sp³-hybridized carbons (Fsp3) is 0.400. The minimum Gasteiger partial charge on any atom is -0.398 e. The van der Waals surface area contributed by atoms with E-state index in [1.165, 1.54) is 5.56 Å². The van der Waals surface area contributed by atoms with Crippen LogP contribution in [0.1, 0.15) is 24.8 Å². The topological polar surface area (TPSA) is 52.0 Å². The Morgan fingerprint density at radius 1 is 1.46 bits per heavy atom. The number of hydrogen-bond acceptors (Lipinski definition) is 3. The van der Waals surface area contributed by atoms with Gasteiger partial charge in [-0.05, 0) is 36.6 Å². The molecule has 1 atom stereocenters. The van der Waals surface area contributed by atoms with Gasteiger partial charge in [0.05, 0.1) is 0 Å². The summed E-state index contributed by atoms with van der Waals surface area (Å²) in [6.07, 6.45) is 0.997. The van der Waals surface area contributed by atoms with Crippen molar-refractivity contribution in [1.29, 1.82) is 0 Å². The van der Waals surface area contributed by atoms with Gasteiger partial charge in [0.2, 0.25) is 0 Å². The fourth-order valence-electron chi connectivity index (χ4n) is 1.28. The lowest BCUT2D eigenvalue weighted by Gasteiger charge is -2.11. The number of thiol groups is 1. The molecule has 0 heterocycles. The van der Waals surface area contributed by atoms with E-state index in [9.17, 15) is 0 Å². The average Bonchev–Trinajstić information content (AvgIpc) is 2.10. The quantitative estimate of drug-likeness (QED) is 0.511. The minimum atomic E-state index is 0.483. The minimum absolute atomic E-state index is 0.483. The van der Waals surface area contributed by atoms with Crippen LogP contribution in [0.15, 0.2) is 23.1 Å². The number of hydrogen-bond donors (Lipinski definition) is 3.